The van der Waals surface area contributed by atoms with Gasteiger partial charge in [-0.25, -0.2) is 0 Å². The average Bonchev–Trinajstić information content (AvgIpc) is 3.17. The first-order valence-corrected chi connectivity index (χ1v) is 12.8. The zero-order valence-electron chi connectivity index (χ0n) is 22.7. The zero-order chi connectivity index (χ0) is 28.1. The lowest BCUT2D eigenvalue weighted by Gasteiger charge is -2.26. The van der Waals surface area contributed by atoms with Gasteiger partial charge in [0.1, 0.15) is 18.1 Å². The van der Waals surface area contributed by atoms with Gasteiger partial charge in [-0.3, -0.25) is 9.59 Å². The Hall–Kier alpha value is -4.30. The fourth-order valence-electron chi connectivity index (χ4n) is 4.71. The lowest BCUT2D eigenvalue weighted by molar-refractivity contribution is -0.139. The molecule has 0 aromatic heterocycles. The molecule has 1 unspecified atom stereocenters. The van der Waals surface area contributed by atoms with Crippen molar-refractivity contribution in [3.63, 3.8) is 0 Å². The molecule has 0 aliphatic carbocycles. The number of benzene rings is 3. The number of aromatic hydroxyl groups is 1. The molecule has 1 heterocycles. The third kappa shape index (κ3) is 6.23. The number of phenolic OH excluding ortho intramolecular Hbond substituents is 1. The predicted octanol–water partition coefficient (Wildman–Crippen LogP) is 4.66. The first kappa shape index (κ1) is 27.7. The molecule has 1 atom stereocenters. The third-order valence-corrected chi connectivity index (χ3v) is 6.68. The summed E-state index contributed by atoms with van der Waals surface area (Å²) in [6, 6.07) is 18.6. The maximum atomic E-state index is 13.3. The Morgan fingerprint density at radius 1 is 1.03 bits per heavy atom. The predicted molar refractivity (Wildman–Crippen MR) is 149 cm³/mol. The highest BCUT2D eigenvalue weighted by Crippen LogP contribution is 2.42. The summed E-state index contributed by atoms with van der Waals surface area (Å²) in [5.74, 6) is -0.948. The minimum Gasteiger partial charge on any atom is -0.507 e. The second kappa shape index (κ2) is 12.0. The number of hydrogen-bond donors (Lipinski definition) is 2. The minimum atomic E-state index is -0.834. The highest BCUT2D eigenvalue weighted by atomic mass is 16.5. The summed E-state index contributed by atoms with van der Waals surface area (Å²) in [4.78, 5) is 29.9. The lowest BCUT2D eigenvalue weighted by atomic mass is 9.95. The van der Waals surface area contributed by atoms with E-state index >= 15 is 0 Å². The van der Waals surface area contributed by atoms with E-state index in [1.807, 2.05) is 44.1 Å². The Morgan fingerprint density at radius 3 is 2.44 bits per heavy atom. The molecule has 8 nitrogen and oxygen atoms in total. The number of carbonyl (C=O) groups is 2. The van der Waals surface area contributed by atoms with Gasteiger partial charge >= 0.3 is 0 Å². The first-order chi connectivity index (χ1) is 18.7. The molecule has 0 bridgehead atoms. The number of phenols is 1. The van der Waals surface area contributed by atoms with Crippen molar-refractivity contribution in [2.24, 2.45) is 0 Å². The topological polar surface area (TPSA) is 99.5 Å². The van der Waals surface area contributed by atoms with E-state index in [0.29, 0.717) is 36.4 Å². The van der Waals surface area contributed by atoms with Crippen molar-refractivity contribution in [2.45, 2.75) is 26.0 Å². The highest BCUT2D eigenvalue weighted by Gasteiger charge is 2.46. The van der Waals surface area contributed by atoms with Crippen LogP contribution in [-0.2, 0) is 16.2 Å². The molecular formula is C31H34N2O6. The average molecular weight is 531 g/mol. The minimum absolute atomic E-state index is 0.00831. The fourth-order valence-corrected chi connectivity index (χ4v) is 4.71. The number of likely N-dealkylation sites (tertiary alicyclic amines) is 1. The van der Waals surface area contributed by atoms with Gasteiger partial charge in [0.15, 0.2) is 11.5 Å². The molecule has 8 heteroatoms. The van der Waals surface area contributed by atoms with E-state index in [-0.39, 0.29) is 22.8 Å². The zero-order valence-corrected chi connectivity index (χ0v) is 22.7. The quantitative estimate of drug-likeness (QED) is 0.223. The summed E-state index contributed by atoms with van der Waals surface area (Å²) < 4.78 is 11.1. The van der Waals surface area contributed by atoms with Gasteiger partial charge < -0.3 is 29.5 Å². The van der Waals surface area contributed by atoms with Gasteiger partial charge in [-0.15, -0.1) is 0 Å². The van der Waals surface area contributed by atoms with Crippen LogP contribution < -0.4 is 9.47 Å². The van der Waals surface area contributed by atoms with Crippen LogP contribution in [0.25, 0.3) is 5.76 Å². The number of nitrogens with zero attached hydrogens (tertiary/aromatic N) is 2. The van der Waals surface area contributed by atoms with Crippen molar-refractivity contribution in [1.82, 2.24) is 9.80 Å². The Labute approximate surface area is 228 Å². The Balaban J connectivity index is 1.66. The molecule has 2 N–H and O–H groups in total. The number of carbonyl (C=O) groups excluding carboxylic acids is 2. The van der Waals surface area contributed by atoms with Crippen LogP contribution in [0.15, 0.2) is 72.3 Å². The molecule has 1 saturated heterocycles. The fraction of sp³-hybridized carbons (Fsp3) is 0.290. The molecule has 0 saturated carbocycles. The van der Waals surface area contributed by atoms with Gasteiger partial charge in [0.05, 0.1) is 18.7 Å². The summed E-state index contributed by atoms with van der Waals surface area (Å²) in [5.41, 5.74) is 3.12. The van der Waals surface area contributed by atoms with Crippen LogP contribution in [0.5, 0.6) is 17.2 Å². The van der Waals surface area contributed by atoms with Gasteiger partial charge in [-0.05, 0) is 81.5 Å². The molecule has 1 aliphatic rings. The van der Waals surface area contributed by atoms with Crippen LogP contribution in [0.3, 0.4) is 0 Å². The lowest BCUT2D eigenvalue weighted by Crippen LogP contribution is -2.32. The molecule has 1 amide bonds. The largest absolute Gasteiger partial charge is 0.507 e. The number of aliphatic hydroxyl groups excluding tert-OH is 1. The molecule has 1 aliphatic heterocycles. The van der Waals surface area contributed by atoms with Gasteiger partial charge in [-0.1, -0.05) is 35.9 Å². The van der Waals surface area contributed by atoms with E-state index in [0.717, 1.165) is 17.7 Å². The van der Waals surface area contributed by atoms with E-state index in [1.165, 1.54) is 18.1 Å². The highest BCUT2D eigenvalue weighted by molar-refractivity contribution is 6.46. The van der Waals surface area contributed by atoms with Crippen molar-refractivity contribution in [2.75, 3.05) is 34.3 Å². The van der Waals surface area contributed by atoms with Crippen molar-refractivity contribution < 1.29 is 29.3 Å². The van der Waals surface area contributed by atoms with E-state index in [1.54, 1.807) is 36.4 Å². The van der Waals surface area contributed by atoms with Crippen molar-refractivity contribution in [1.29, 1.82) is 0 Å². The number of Topliss-reactive ketones (excluding diaryl/α,β-unsaturated/α-hetero) is 1. The maximum Gasteiger partial charge on any atom is 0.295 e. The number of methoxy groups -OCH3 is 1. The van der Waals surface area contributed by atoms with Crippen molar-refractivity contribution in [3.05, 3.63) is 94.6 Å². The van der Waals surface area contributed by atoms with Crippen LogP contribution in [0, 0.1) is 6.92 Å². The molecule has 39 heavy (non-hydrogen) atoms. The maximum absolute atomic E-state index is 13.3. The molecule has 3 aromatic carbocycles. The Kier molecular flexibility index (Phi) is 8.56. The number of hydrogen-bond acceptors (Lipinski definition) is 7. The standard InChI is InChI=1S/C31H34N2O6/c1-20-7-5-8-21(17-20)19-39-24-12-9-22(10-13-24)29(35)27-28(23-11-14-25(34)26(18-23)38-4)33(31(37)30(27)36)16-6-15-32(2)3/h5,7-14,17-18,28,34-35H,6,15-16,19H2,1-4H3/b29-27-. The second-order valence-electron chi connectivity index (χ2n) is 9.88. The molecule has 204 valence electrons. The van der Waals surface area contributed by atoms with Gasteiger partial charge in [0.2, 0.25) is 0 Å². The molecule has 0 radical (unpaired) electrons. The normalized spacial score (nSPS) is 16.6. The summed E-state index contributed by atoms with van der Waals surface area (Å²) >= 11 is 0. The van der Waals surface area contributed by atoms with Gasteiger partial charge in [-0.2, -0.15) is 0 Å². The molecule has 1 fully saturated rings. The van der Waals surface area contributed by atoms with Gasteiger partial charge in [0, 0.05) is 12.1 Å². The van der Waals surface area contributed by atoms with Crippen LogP contribution in [0.1, 0.15) is 34.7 Å². The molecule has 4 rings (SSSR count). The summed E-state index contributed by atoms with van der Waals surface area (Å²) in [6.07, 6.45) is 0.638. The Bertz CT molecular complexity index is 1380. The summed E-state index contributed by atoms with van der Waals surface area (Å²) in [7, 11) is 5.30. The number of ketones is 1. The molecule has 3 aromatic rings. The van der Waals surface area contributed by atoms with Crippen molar-refractivity contribution >= 4 is 17.4 Å². The van der Waals surface area contributed by atoms with Gasteiger partial charge in [0.25, 0.3) is 11.7 Å². The third-order valence-electron chi connectivity index (χ3n) is 6.68. The number of rotatable bonds is 10. The smallest absolute Gasteiger partial charge is 0.295 e. The molecule has 0 spiro atoms. The summed E-state index contributed by atoms with van der Waals surface area (Å²) in [6.45, 7) is 3.46. The summed E-state index contributed by atoms with van der Waals surface area (Å²) in [5, 5.41) is 21.4. The van der Waals surface area contributed by atoms with Crippen molar-refractivity contribution in [3.8, 4) is 17.2 Å². The van der Waals surface area contributed by atoms with Crippen LogP contribution in [-0.4, -0.2) is 66.0 Å². The molecular weight excluding hydrogens is 496 g/mol. The number of aryl methyl sites for hydroxylation is 1. The van der Waals surface area contributed by atoms with Crippen LogP contribution in [0.2, 0.25) is 0 Å². The Morgan fingerprint density at radius 2 is 1.77 bits per heavy atom. The van der Waals surface area contributed by atoms with Crippen LogP contribution in [0.4, 0.5) is 0 Å². The monoisotopic (exact) mass is 530 g/mol. The number of ether oxygens (including phenoxy) is 2. The first-order valence-electron chi connectivity index (χ1n) is 12.8. The SMILES string of the molecule is COc1cc(C2/C(=C(/O)c3ccc(OCc4cccc(C)c4)cc3)C(=O)C(=O)N2CCCN(C)C)ccc1O. The number of amides is 1. The number of aliphatic hydroxyl groups is 1. The van der Waals surface area contributed by atoms with E-state index in [9.17, 15) is 19.8 Å². The van der Waals surface area contributed by atoms with E-state index in [2.05, 4.69) is 6.07 Å². The second-order valence-corrected chi connectivity index (χ2v) is 9.88. The van der Waals surface area contributed by atoms with Crippen LogP contribution >= 0.6 is 0 Å². The van der Waals surface area contributed by atoms with E-state index < -0.39 is 17.7 Å². The van der Waals surface area contributed by atoms with E-state index in [4.69, 9.17) is 9.47 Å².